The highest BCUT2D eigenvalue weighted by molar-refractivity contribution is 7.99. The molecule has 1 N–H and O–H groups in total. The number of ether oxygens (including phenoxy) is 1. The molecule has 0 unspecified atom stereocenters. The van der Waals surface area contributed by atoms with E-state index in [9.17, 15) is 4.79 Å². The lowest BCUT2D eigenvalue weighted by Crippen LogP contribution is -2.57. The van der Waals surface area contributed by atoms with Gasteiger partial charge in [0.15, 0.2) is 0 Å². The summed E-state index contributed by atoms with van der Waals surface area (Å²) in [6.07, 6.45) is 2.42. The fourth-order valence-electron chi connectivity index (χ4n) is 3.88. The molecule has 5 rings (SSSR count). The van der Waals surface area contributed by atoms with Crippen LogP contribution in [-0.4, -0.2) is 43.6 Å². The van der Waals surface area contributed by atoms with E-state index in [1.54, 1.807) is 18.9 Å². The molecule has 4 nitrogen and oxygen atoms in total. The molecule has 2 aromatic carbocycles. The highest BCUT2D eigenvalue weighted by atomic mass is 32.2. The molecule has 3 saturated heterocycles. The predicted molar refractivity (Wildman–Crippen MR) is 104 cm³/mol. The fourth-order valence-corrected chi connectivity index (χ4v) is 4.81. The molecule has 2 aromatic rings. The van der Waals surface area contributed by atoms with Crippen LogP contribution in [0.3, 0.4) is 0 Å². The lowest BCUT2D eigenvalue weighted by Gasteiger charge is -2.44. The maximum Gasteiger partial charge on any atom is 0.251 e. The average Bonchev–Trinajstić information content (AvgIpc) is 2.70. The van der Waals surface area contributed by atoms with Gasteiger partial charge in [0.1, 0.15) is 5.75 Å². The van der Waals surface area contributed by atoms with Crippen molar-refractivity contribution < 1.29 is 9.53 Å². The van der Waals surface area contributed by atoms with E-state index in [-0.39, 0.29) is 5.91 Å². The van der Waals surface area contributed by atoms with Crippen molar-refractivity contribution in [3.05, 3.63) is 54.1 Å². The number of carbonyl (C=O) groups excluding carboxylic acids is 1. The van der Waals surface area contributed by atoms with Crippen molar-refractivity contribution in [1.82, 2.24) is 10.2 Å². The first-order valence-corrected chi connectivity index (χ1v) is 9.99. The number of carbonyl (C=O) groups is 1. The Bertz CT molecular complexity index is 770. The van der Waals surface area contributed by atoms with Crippen LogP contribution in [0.15, 0.2) is 58.3 Å². The van der Waals surface area contributed by atoms with Crippen LogP contribution in [0, 0.1) is 5.92 Å². The van der Waals surface area contributed by atoms with Crippen molar-refractivity contribution in [1.29, 1.82) is 0 Å². The Balaban J connectivity index is 1.40. The predicted octanol–water partition coefficient (Wildman–Crippen LogP) is 3.67. The van der Waals surface area contributed by atoms with E-state index in [1.807, 2.05) is 48.5 Å². The van der Waals surface area contributed by atoms with Crippen LogP contribution in [0.1, 0.15) is 23.2 Å². The third-order valence-electron chi connectivity index (χ3n) is 5.39. The number of para-hydroxylation sites is 1. The number of hydrogen-bond donors (Lipinski definition) is 1. The molecule has 3 aliphatic heterocycles. The number of nitrogens with one attached hydrogen (secondary N) is 1. The SMILES string of the molecule is COc1ccccc1Sc1ccc(C(=O)N[C@H]2CN3CCC2CC3)cc1. The molecular weight excluding hydrogens is 344 g/mol. The monoisotopic (exact) mass is 368 g/mol. The first-order valence-electron chi connectivity index (χ1n) is 9.17. The minimum Gasteiger partial charge on any atom is -0.496 e. The van der Waals surface area contributed by atoms with Crippen molar-refractivity contribution in [3.63, 3.8) is 0 Å². The summed E-state index contributed by atoms with van der Waals surface area (Å²) in [5.41, 5.74) is 0.728. The van der Waals surface area contributed by atoms with Gasteiger partial charge in [-0.25, -0.2) is 0 Å². The smallest absolute Gasteiger partial charge is 0.251 e. The molecule has 136 valence electrons. The Morgan fingerprint density at radius 3 is 2.50 bits per heavy atom. The number of nitrogens with zero attached hydrogens (tertiary/aromatic N) is 1. The molecule has 0 aliphatic carbocycles. The normalized spacial score (nSPS) is 24.3. The molecule has 1 atom stereocenters. The number of benzene rings is 2. The molecule has 0 spiro atoms. The quantitative estimate of drug-likeness (QED) is 0.874. The van der Waals surface area contributed by atoms with Gasteiger partial charge in [-0.2, -0.15) is 0 Å². The van der Waals surface area contributed by atoms with Crippen LogP contribution in [0.4, 0.5) is 0 Å². The third-order valence-corrected chi connectivity index (χ3v) is 6.45. The molecule has 0 aromatic heterocycles. The van der Waals surface area contributed by atoms with Gasteiger partial charge in [0.05, 0.1) is 12.0 Å². The van der Waals surface area contributed by atoms with Crippen molar-refractivity contribution in [3.8, 4) is 5.75 Å². The molecule has 3 fully saturated rings. The Morgan fingerprint density at radius 2 is 1.85 bits per heavy atom. The Kier molecular flexibility index (Phi) is 5.18. The zero-order valence-corrected chi connectivity index (χ0v) is 15.8. The van der Waals surface area contributed by atoms with Crippen molar-refractivity contribution in [2.24, 2.45) is 5.92 Å². The van der Waals surface area contributed by atoms with Crippen LogP contribution in [-0.2, 0) is 0 Å². The second kappa shape index (κ2) is 7.72. The van der Waals surface area contributed by atoms with Gasteiger partial charge < -0.3 is 15.0 Å². The molecule has 1 amide bonds. The summed E-state index contributed by atoms with van der Waals surface area (Å²) >= 11 is 1.64. The summed E-state index contributed by atoms with van der Waals surface area (Å²) in [5, 5.41) is 3.25. The highest BCUT2D eigenvalue weighted by Gasteiger charge is 2.34. The van der Waals surface area contributed by atoms with Gasteiger partial charge in [-0.3, -0.25) is 4.79 Å². The van der Waals surface area contributed by atoms with E-state index in [0.717, 1.165) is 27.6 Å². The highest BCUT2D eigenvalue weighted by Crippen LogP contribution is 2.34. The summed E-state index contributed by atoms with van der Waals surface area (Å²) in [6.45, 7) is 3.37. The third kappa shape index (κ3) is 3.74. The second-order valence-corrected chi connectivity index (χ2v) is 8.11. The van der Waals surface area contributed by atoms with Gasteiger partial charge >= 0.3 is 0 Å². The number of amides is 1. The topological polar surface area (TPSA) is 41.6 Å². The van der Waals surface area contributed by atoms with Crippen LogP contribution in [0.5, 0.6) is 5.75 Å². The van der Waals surface area contributed by atoms with Crippen molar-refractivity contribution >= 4 is 17.7 Å². The van der Waals surface area contributed by atoms with Gasteiger partial charge in [0.25, 0.3) is 5.91 Å². The standard InChI is InChI=1S/C21H24N2O2S/c1-25-19-4-2-3-5-20(19)26-17-8-6-16(7-9-17)21(24)22-18-14-23-12-10-15(18)11-13-23/h2-9,15,18H,10-14H2,1H3,(H,22,24)/t18-/m0/s1. The average molecular weight is 369 g/mol. The van der Waals surface area contributed by atoms with Crippen LogP contribution in [0.25, 0.3) is 0 Å². The Hall–Kier alpha value is -1.98. The summed E-state index contributed by atoms with van der Waals surface area (Å²) in [5.74, 6) is 1.54. The minimum absolute atomic E-state index is 0.0394. The second-order valence-electron chi connectivity index (χ2n) is 7.00. The van der Waals surface area contributed by atoms with E-state index in [0.29, 0.717) is 12.0 Å². The summed E-state index contributed by atoms with van der Waals surface area (Å²) in [4.78, 5) is 17.2. The molecule has 3 heterocycles. The van der Waals surface area contributed by atoms with E-state index in [2.05, 4.69) is 10.2 Å². The first-order chi connectivity index (χ1) is 12.7. The summed E-state index contributed by atoms with van der Waals surface area (Å²) in [7, 11) is 1.68. The van der Waals surface area contributed by atoms with Crippen LogP contribution < -0.4 is 10.1 Å². The Morgan fingerprint density at radius 1 is 1.12 bits per heavy atom. The van der Waals surface area contributed by atoms with Gasteiger partial charge in [-0.1, -0.05) is 23.9 Å². The molecule has 0 saturated carbocycles. The zero-order valence-electron chi connectivity index (χ0n) is 15.0. The van der Waals surface area contributed by atoms with Gasteiger partial charge in [0.2, 0.25) is 0 Å². The number of rotatable bonds is 5. The van der Waals surface area contributed by atoms with E-state index >= 15 is 0 Å². The maximum atomic E-state index is 12.6. The number of fused-ring (bicyclic) bond motifs is 3. The number of hydrogen-bond acceptors (Lipinski definition) is 4. The molecule has 2 bridgehead atoms. The minimum atomic E-state index is 0.0394. The van der Waals surface area contributed by atoms with Crippen molar-refractivity contribution in [2.45, 2.75) is 28.7 Å². The number of methoxy groups -OCH3 is 1. The van der Waals surface area contributed by atoms with Gasteiger partial charge in [0, 0.05) is 23.0 Å². The molecule has 3 aliphatic rings. The van der Waals surface area contributed by atoms with Crippen LogP contribution >= 0.6 is 11.8 Å². The van der Waals surface area contributed by atoms with E-state index in [4.69, 9.17) is 4.74 Å². The molecule has 5 heteroatoms. The summed E-state index contributed by atoms with van der Waals surface area (Å²) < 4.78 is 5.40. The molecular formula is C21H24N2O2S. The lowest BCUT2D eigenvalue weighted by molar-refractivity contribution is 0.0620. The Labute approximate surface area is 158 Å². The fraction of sp³-hybridized carbons (Fsp3) is 0.381. The van der Waals surface area contributed by atoms with Gasteiger partial charge in [-0.05, 0) is 68.2 Å². The van der Waals surface area contributed by atoms with Gasteiger partial charge in [-0.15, -0.1) is 0 Å². The molecule has 26 heavy (non-hydrogen) atoms. The maximum absolute atomic E-state index is 12.6. The lowest BCUT2D eigenvalue weighted by atomic mass is 9.84. The first kappa shape index (κ1) is 17.4. The van der Waals surface area contributed by atoms with Crippen molar-refractivity contribution in [2.75, 3.05) is 26.7 Å². The largest absolute Gasteiger partial charge is 0.496 e. The van der Waals surface area contributed by atoms with E-state index < -0.39 is 0 Å². The number of piperidine rings is 3. The van der Waals surface area contributed by atoms with E-state index in [1.165, 1.54) is 25.9 Å². The van der Waals surface area contributed by atoms with Crippen LogP contribution in [0.2, 0.25) is 0 Å². The summed E-state index contributed by atoms with van der Waals surface area (Å²) in [6, 6.07) is 16.1. The molecule has 0 radical (unpaired) electrons. The zero-order chi connectivity index (χ0) is 17.9.